The fourth-order valence-electron chi connectivity index (χ4n) is 3.29. The predicted octanol–water partition coefficient (Wildman–Crippen LogP) is 4.50. The number of fused-ring (bicyclic) bond motifs is 3. The molecular formula is C22H21NO7. The minimum absolute atomic E-state index is 0.0852. The number of ether oxygens (including phenoxy) is 4. The van der Waals surface area contributed by atoms with Crippen LogP contribution in [-0.2, 0) is 4.74 Å². The van der Waals surface area contributed by atoms with Crippen LogP contribution in [0.25, 0.3) is 33.2 Å². The molecule has 0 amide bonds. The highest BCUT2D eigenvalue weighted by Gasteiger charge is 2.25. The third-order valence-electron chi connectivity index (χ3n) is 4.54. The Morgan fingerprint density at radius 2 is 2.03 bits per heavy atom. The molecule has 0 spiro atoms. The van der Waals surface area contributed by atoms with E-state index in [4.69, 9.17) is 23.4 Å². The van der Waals surface area contributed by atoms with E-state index in [0.717, 1.165) is 5.39 Å². The Hall–Kier alpha value is -3.65. The predicted molar refractivity (Wildman–Crippen MR) is 110 cm³/mol. The zero-order valence-corrected chi connectivity index (χ0v) is 16.6. The fourth-order valence-corrected chi connectivity index (χ4v) is 3.29. The average molecular weight is 411 g/mol. The molecule has 8 heteroatoms. The quantitative estimate of drug-likeness (QED) is 0.432. The van der Waals surface area contributed by atoms with E-state index in [-0.39, 0.29) is 25.7 Å². The number of methoxy groups -OCH3 is 1. The average Bonchev–Trinajstić information content (AvgIpc) is 3.27. The van der Waals surface area contributed by atoms with Crippen molar-refractivity contribution in [3.8, 4) is 28.5 Å². The Morgan fingerprint density at radius 3 is 2.80 bits per heavy atom. The smallest absolute Gasteiger partial charge is 0.497 e. The van der Waals surface area contributed by atoms with Crippen LogP contribution in [0.15, 0.2) is 46.9 Å². The Balaban J connectivity index is 1.94. The van der Waals surface area contributed by atoms with E-state index in [2.05, 4.69) is 4.98 Å². The van der Waals surface area contributed by atoms with Gasteiger partial charge in [0.25, 0.3) is 0 Å². The number of benzene rings is 2. The first-order chi connectivity index (χ1) is 14.7. The number of aliphatic hydroxyl groups excluding tert-OH is 1. The van der Waals surface area contributed by atoms with Crippen LogP contribution in [-0.4, -0.2) is 43.2 Å². The third kappa shape index (κ3) is 3.53. The molecule has 156 valence electrons. The number of nitrogens with one attached hydrogen (secondary N) is 1. The summed E-state index contributed by atoms with van der Waals surface area (Å²) >= 11 is 0. The number of furan rings is 1. The monoisotopic (exact) mass is 411 g/mol. The van der Waals surface area contributed by atoms with Crippen LogP contribution >= 0.6 is 0 Å². The van der Waals surface area contributed by atoms with Crippen molar-refractivity contribution in [1.29, 1.82) is 0 Å². The van der Waals surface area contributed by atoms with Crippen LogP contribution in [0.4, 0.5) is 4.79 Å². The lowest BCUT2D eigenvalue weighted by Gasteiger charge is -2.13. The SMILES string of the molecule is CCOC(=O)Oc1[nH]c2c(oc3ccccc32)c1-c1ccc(OC)cc1OCCO. The van der Waals surface area contributed by atoms with Crippen molar-refractivity contribution in [2.45, 2.75) is 6.92 Å². The highest BCUT2D eigenvalue weighted by Crippen LogP contribution is 2.46. The molecule has 2 aromatic carbocycles. The summed E-state index contributed by atoms with van der Waals surface area (Å²) in [6.45, 7) is 1.81. The van der Waals surface area contributed by atoms with Crippen molar-refractivity contribution < 1.29 is 33.3 Å². The molecule has 4 aromatic rings. The van der Waals surface area contributed by atoms with Gasteiger partial charge in [-0.2, -0.15) is 0 Å². The molecule has 0 saturated carbocycles. The molecule has 0 fully saturated rings. The van der Waals surface area contributed by atoms with E-state index in [1.54, 1.807) is 32.2 Å². The van der Waals surface area contributed by atoms with Gasteiger partial charge in [-0.15, -0.1) is 0 Å². The van der Waals surface area contributed by atoms with Gasteiger partial charge in [-0.25, -0.2) is 4.79 Å². The van der Waals surface area contributed by atoms with Gasteiger partial charge in [0, 0.05) is 17.0 Å². The number of hydrogen-bond acceptors (Lipinski definition) is 7. The molecule has 0 aliphatic heterocycles. The van der Waals surface area contributed by atoms with E-state index >= 15 is 0 Å². The molecule has 0 atom stereocenters. The second-order valence-electron chi connectivity index (χ2n) is 6.35. The maximum absolute atomic E-state index is 12.0. The Kier molecular flexibility index (Phi) is 5.49. The first kappa shape index (κ1) is 19.7. The Morgan fingerprint density at radius 1 is 1.20 bits per heavy atom. The van der Waals surface area contributed by atoms with Crippen LogP contribution in [0, 0.1) is 0 Å². The van der Waals surface area contributed by atoms with Crippen LogP contribution in [0.2, 0.25) is 0 Å². The lowest BCUT2D eigenvalue weighted by atomic mass is 10.1. The van der Waals surface area contributed by atoms with Gasteiger partial charge in [0.05, 0.1) is 31.4 Å². The number of aromatic nitrogens is 1. The minimum Gasteiger partial charge on any atom is -0.497 e. The van der Waals surface area contributed by atoms with Gasteiger partial charge in [-0.05, 0) is 31.2 Å². The number of aliphatic hydroxyl groups is 1. The molecule has 0 radical (unpaired) electrons. The van der Waals surface area contributed by atoms with Crippen LogP contribution in [0.3, 0.4) is 0 Å². The molecule has 0 unspecified atom stereocenters. The molecule has 2 aromatic heterocycles. The largest absolute Gasteiger partial charge is 0.515 e. The summed E-state index contributed by atoms with van der Waals surface area (Å²) in [5.74, 6) is 1.20. The molecule has 0 aliphatic carbocycles. The van der Waals surface area contributed by atoms with Crippen molar-refractivity contribution in [2.75, 3.05) is 26.9 Å². The summed E-state index contributed by atoms with van der Waals surface area (Å²) in [5, 5.41) is 10.1. The molecule has 2 N–H and O–H groups in total. The standard InChI is InChI=1S/C22H21NO7/c1-3-27-22(25)30-21-18(14-9-8-13(26-2)12-17(14)28-11-10-24)20-19(23-21)15-6-4-5-7-16(15)29-20/h4-9,12,23-24H,3,10-11H2,1-2H3. The van der Waals surface area contributed by atoms with Gasteiger partial charge >= 0.3 is 6.16 Å². The highest BCUT2D eigenvalue weighted by molar-refractivity contribution is 6.10. The first-order valence-electron chi connectivity index (χ1n) is 9.46. The van der Waals surface area contributed by atoms with Crippen LogP contribution < -0.4 is 14.2 Å². The van der Waals surface area contributed by atoms with Crippen molar-refractivity contribution in [2.24, 2.45) is 0 Å². The van der Waals surface area contributed by atoms with E-state index in [0.29, 0.717) is 39.3 Å². The van der Waals surface area contributed by atoms with Gasteiger partial charge in [0.1, 0.15) is 23.7 Å². The second-order valence-corrected chi connectivity index (χ2v) is 6.35. The molecule has 30 heavy (non-hydrogen) atoms. The Labute approximate surface area is 171 Å². The summed E-state index contributed by atoms with van der Waals surface area (Å²) in [5.41, 5.74) is 2.99. The van der Waals surface area contributed by atoms with Gasteiger partial charge < -0.3 is 33.5 Å². The van der Waals surface area contributed by atoms with Gasteiger partial charge in [0.15, 0.2) is 5.58 Å². The van der Waals surface area contributed by atoms with Crippen molar-refractivity contribution in [3.63, 3.8) is 0 Å². The summed E-state index contributed by atoms with van der Waals surface area (Å²) in [7, 11) is 1.55. The molecule has 4 rings (SSSR count). The first-order valence-corrected chi connectivity index (χ1v) is 9.46. The molecule has 2 heterocycles. The number of carbonyl (C=O) groups is 1. The number of aromatic amines is 1. The molecular weight excluding hydrogens is 390 g/mol. The number of rotatable bonds is 7. The Bertz CT molecular complexity index is 1190. The number of hydrogen-bond donors (Lipinski definition) is 2. The van der Waals surface area contributed by atoms with E-state index < -0.39 is 6.16 Å². The third-order valence-corrected chi connectivity index (χ3v) is 4.54. The summed E-state index contributed by atoms with van der Waals surface area (Å²) in [4.78, 5) is 15.2. The van der Waals surface area contributed by atoms with Gasteiger partial charge in [0.2, 0.25) is 5.88 Å². The second kappa shape index (κ2) is 8.38. The van der Waals surface area contributed by atoms with E-state index in [1.165, 1.54) is 0 Å². The summed E-state index contributed by atoms with van der Waals surface area (Å²) < 4.78 is 27.5. The van der Waals surface area contributed by atoms with Gasteiger partial charge in [-0.1, -0.05) is 12.1 Å². The summed E-state index contributed by atoms with van der Waals surface area (Å²) in [6, 6.07) is 12.8. The number of H-pyrrole nitrogens is 1. The topological polar surface area (TPSA) is 103 Å². The summed E-state index contributed by atoms with van der Waals surface area (Å²) in [6.07, 6.45) is -0.835. The molecule has 8 nitrogen and oxygen atoms in total. The molecule has 0 aliphatic rings. The zero-order valence-electron chi connectivity index (χ0n) is 16.6. The minimum atomic E-state index is -0.835. The fraction of sp³-hybridized carbons (Fsp3) is 0.227. The zero-order chi connectivity index (χ0) is 21.1. The molecule has 0 bridgehead atoms. The van der Waals surface area contributed by atoms with Gasteiger partial charge in [-0.3, -0.25) is 0 Å². The highest BCUT2D eigenvalue weighted by atomic mass is 16.7. The number of para-hydroxylation sites is 1. The lowest BCUT2D eigenvalue weighted by Crippen LogP contribution is -2.11. The van der Waals surface area contributed by atoms with Crippen molar-refractivity contribution >= 4 is 28.2 Å². The van der Waals surface area contributed by atoms with Crippen LogP contribution in [0.5, 0.6) is 17.4 Å². The van der Waals surface area contributed by atoms with Crippen molar-refractivity contribution in [3.05, 3.63) is 42.5 Å². The molecule has 0 saturated heterocycles. The van der Waals surface area contributed by atoms with E-state index in [9.17, 15) is 9.90 Å². The maximum atomic E-state index is 12.0. The maximum Gasteiger partial charge on any atom is 0.515 e. The number of carbonyl (C=O) groups excluding carboxylic acids is 1. The van der Waals surface area contributed by atoms with E-state index in [1.807, 2.05) is 24.3 Å². The lowest BCUT2D eigenvalue weighted by molar-refractivity contribution is 0.103. The van der Waals surface area contributed by atoms with Crippen LogP contribution in [0.1, 0.15) is 6.92 Å². The normalized spacial score (nSPS) is 11.0. The van der Waals surface area contributed by atoms with Crippen molar-refractivity contribution in [1.82, 2.24) is 4.98 Å².